The summed E-state index contributed by atoms with van der Waals surface area (Å²) in [5.74, 6) is -1.56. The molecule has 138 valence electrons. The van der Waals surface area contributed by atoms with Crippen LogP contribution in [0.3, 0.4) is 0 Å². The number of alkyl halides is 3. The molecule has 8 heteroatoms. The largest absolute Gasteiger partial charge is 0.416 e. The fourth-order valence-electron chi connectivity index (χ4n) is 2.31. The minimum Gasteiger partial charge on any atom is -0.350 e. The van der Waals surface area contributed by atoms with Crippen molar-refractivity contribution in [3.63, 3.8) is 0 Å². The van der Waals surface area contributed by atoms with Gasteiger partial charge in [-0.1, -0.05) is 12.1 Å². The van der Waals surface area contributed by atoms with Gasteiger partial charge in [-0.15, -0.1) is 0 Å². The Balaban J connectivity index is 1.98. The predicted octanol–water partition coefficient (Wildman–Crippen LogP) is 3.63. The highest BCUT2D eigenvalue weighted by atomic mass is 19.4. The fraction of sp³-hybridized carbons (Fsp3) is 0.222. The summed E-state index contributed by atoms with van der Waals surface area (Å²) in [6.45, 7) is 1.29. The zero-order chi connectivity index (χ0) is 19.3. The van der Waals surface area contributed by atoms with E-state index in [1.165, 1.54) is 30.0 Å². The normalized spacial score (nSPS) is 11.1. The van der Waals surface area contributed by atoms with Gasteiger partial charge in [0.2, 0.25) is 5.91 Å². The number of carbonyl (C=O) groups excluding carboxylic acids is 2. The number of amides is 2. The van der Waals surface area contributed by atoms with Gasteiger partial charge in [0.15, 0.2) is 0 Å². The van der Waals surface area contributed by atoms with Gasteiger partial charge < -0.3 is 10.2 Å². The average Bonchev–Trinajstić information content (AvgIpc) is 2.58. The molecule has 0 aliphatic carbocycles. The van der Waals surface area contributed by atoms with E-state index in [-0.39, 0.29) is 24.3 Å². The lowest BCUT2D eigenvalue weighted by atomic mass is 10.1. The molecule has 2 amide bonds. The summed E-state index contributed by atoms with van der Waals surface area (Å²) in [6.07, 6.45) is -4.48. The molecular weight excluding hydrogens is 352 g/mol. The van der Waals surface area contributed by atoms with Crippen molar-refractivity contribution in [1.29, 1.82) is 0 Å². The van der Waals surface area contributed by atoms with Crippen LogP contribution in [-0.2, 0) is 11.0 Å². The van der Waals surface area contributed by atoms with Gasteiger partial charge in [-0.25, -0.2) is 4.39 Å². The lowest BCUT2D eigenvalue weighted by Crippen LogP contribution is -2.38. The summed E-state index contributed by atoms with van der Waals surface area (Å²) in [5, 5.41) is 2.50. The van der Waals surface area contributed by atoms with Crippen molar-refractivity contribution in [2.24, 2.45) is 0 Å². The summed E-state index contributed by atoms with van der Waals surface area (Å²) >= 11 is 0. The van der Waals surface area contributed by atoms with E-state index >= 15 is 0 Å². The summed E-state index contributed by atoms with van der Waals surface area (Å²) < 4.78 is 51.4. The van der Waals surface area contributed by atoms with Crippen LogP contribution in [0.25, 0.3) is 0 Å². The van der Waals surface area contributed by atoms with Crippen molar-refractivity contribution in [3.05, 3.63) is 65.5 Å². The second-order valence-corrected chi connectivity index (χ2v) is 5.45. The molecule has 0 spiro atoms. The molecule has 0 radical (unpaired) electrons. The molecule has 26 heavy (non-hydrogen) atoms. The summed E-state index contributed by atoms with van der Waals surface area (Å²) in [7, 11) is 0. The van der Waals surface area contributed by atoms with E-state index in [9.17, 15) is 27.2 Å². The Morgan fingerprint density at radius 2 is 1.65 bits per heavy atom. The Labute approximate surface area is 147 Å². The number of hydrogen-bond donors (Lipinski definition) is 1. The maximum atomic E-state index is 13.8. The molecule has 0 atom stereocenters. The number of rotatable bonds is 5. The first-order valence-electron chi connectivity index (χ1n) is 7.68. The Bertz CT molecular complexity index is 789. The first kappa shape index (κ1) is 19.4. The van der Waals surface area contributed by atoms with Crippen LogP contribution in [0.4, 0.5) is 23.2 Å². The summed E-state index contributed by atoms with van der Waals surface area (Å²) in [4.78, 5) is 24.9. The second-order valence-electron chi connectivity index (χ2n) is 5.45. The first-order valence-corrected chi connectivity index (χ1v) is 7.68. The van der Waals surface area contributed by atoms with E-state index in [1.807, 2.05) is 0 Å². The highest BCUT2D eigenvalue weighted by Gasteiger charge is 2.30. The van der Waals surface area contributed by atoms with E-state index in [0.717, 1.165) is 24.3 Å². The van der Waals surface area contributed by atoms with Crippen LogP contribution in [0.15, 0.2) is 48.5 Å². The zero-order valence-corrected chi connectivity index (χ0v) is 13.8. The lowest BCUT2D eigenvalue weighted by molar-refractivity contribution is -0.137. The van der Waals surface area contributed by atoms with Crippen molar-refractivity contribution >= 4 is 17.5 Å². The van der Waals surface area contributed by atoms with E-state index in [0.29, 0.717) is 0 Å². The van der Waals surface area contributed by atoms with Gasteiger partial charge in [0.05, 0.1) is 11.3 Å². The van der Waals surface area contributed by atoms with Crippen molar-refractivity contribution in [3.8, 4) is 0 Å². The molecule has 4 nitrogen and oxygen atoms in total. The molecule has 0 aromatic heterocycles. The standard InChI is InChI=1S/C18H16F4N2O2/c1-12(25)24(16-5-3-2-4-15(16)19)11-10-23-17(26)13-6-8-14(9-7-13)18(20,21)22/h2-9H,10-11H2,1H3,(H,23,26). The molecule has 0 heterocycles. The molecule has 0 aliphatic rings. The summed E-state index contributed by atoms with van der Waals surface area (Å²) in [5.41, 5.74) is -0.710. The van der Waals surface area contributed by atoms with E-state index in [2.05, 4.69) is 5.32 Å². The quantitative estimate of drug-likeness (QED) is 0.820. The van der Waals surface area contributed by atoms with Crippen molar-refractivity contribution < 1.29 is 27.2 Å². The second kappa shape index (κ2) is 7.99. The molecule has 0 saturated carbocycles. The van der Waals surface area contributed by atoms with Crippen molar-refractivity contribution in [1.82, 2.24) is 5.32 Å². The number of nitrogens with zero attached hydrogens (tertiary/aromatic N) is 1. The summed E-state index contributed by atoms with van der Waals surface area (Å²) in [6, 6.07) is 9.49. The molecule has 2 rings (SSSR count). The molecule has 0 bridgehead atoms. The van der Waals surface area contributed by atoms with E-state index in [4.69, 9.17) is 0 Å². The van der Waals surface area contributed by atoms with Gasteiger partial charge in [-0.2, -0.15) is 13.2 Å². The number of hydrogen-bond acceptors (Lipinski definition) is 2. The molecule has 0 saturated heterocycles. The fourth-order valence-corrected chi connectivity index (χ4v) is 2.31. The van der Waals surface area contributed by atoms with Gasteiger partial charge in [-0.05, 0) is 36.4 Å². The minimum atomic E-state index is -4.48. The Morgan fingerprint density at radius 3 is 2.19 bits per heavy atom. The topological polar surface area (TPSA) is 49.4 Å². The Hall–Kier alpha value is -2.90. The molecule has 1 N–H and O–H groups in total. The lowest BCUT2D eigenvalue weighted by Gasteiger charge is -2.21. The minimum absolute atomic E-state index is 0.00771. The number of nitrogens with one attached hydrogen (secondary N) is 1. The third-order valence-corrected chi connectivity index (χ3v) is 3.62. The number of carbonyl (C=O) groups is 2. The van der Waals surface area contributed by atoms with Crippen LogP contribution in [0.5, 0.6) is 0 Å². The van der Waals surface area contributed by atoms with Crippen LogP contribution in [0, 0.1) is 5.82 Å². The van der Waals surface area contributed by atoms with E-state index in [1.54, 1.807) is 6.07 Å². The highest BCUT2D eigenvalue weighted by Crippen LogP contribution is 2.29. The maximum Gasteiger partial charge on any atom is 0.416 e. The molecular formula is C18H16F4N2O2. The van der Waals surface area contributed by atoms with Crippen molar-refractivity contribution in [2.45, 2.75) is 13.1 Å². The Morgan fingerprint density at radius 1 is 1.04 bits per heavy atom. The van der Waals surface area contributed by atoms with E-state index < -0.39 is 29.4 Å². The number of anilines is 1. The zero-order valence-electron chi connectivity index (χ0n) is 13.8. The highest BCUT2D eigenvalue weighted by molar-refractivity contribution is 5.94. The molecule has 0 unspecified atom stereocenters. The van der Waals surface area contributed by atoms with Crippen LogP contribution in [0.2, 0.25) is 0 Å². The first-order chi connectivity index (χ1) is 12.2. The maximum absolute atomic E-state index is 13.8. The molecule has 2 aromatic carbocycles. The van der Waals surface area contributed by atoms with Gasteiger partial charge in [0.25, 0.3) is 5.91 Å². The molecule has 0 fully saturated rings. The monoisotopic (exact) mass is 368 g/mol. The van der Waals surface area contributed by atoms with Gasteiger partial charge >= 0.3 is 6.18 Å². The van der Waals surface area contributed by atoms with Crippen LogP contribution >= 0.6 is 0 Å². The molecule has 0 aliphatic heterocycles. The predicted molar refractivity (Wildman–Crippen MR) is 88.2 cm³/mol. The van der Waals surface area contributed by atoms with Crippen LogP contribution in [0.1, 0.15) is 22.8 Å². The smallest absolute Gasteiger partial charge is 0.350 e. The van der Waals surface area contributed by atoms with Gasteiger partial charge in [-0.3, -0.25) is 9.59 Å². The number of halogens is 4. The SMILES string of the molecule is CC(=O)N(CCNC(=O)c1ccc(C(F)(F)F)cc1)c1ccccc1F. The average molecular weight is 368 g/mol. The third kappa shape index (κ3) is 4.81. The van der Waals surface area contributed by atoms with Crippen LogP contribution < -0.4 is 10.2 Å². The van der Waals surface area contributed by atoms with Crippen LogP contribution in [-0.4, -0.2) is 24.9 Å². The Kier molecular flexibility index (Phi) is 5.97. The third-order valence-electron chi connectivity index (χ3n) is 3.62. The van der Waals surface area contributed by atoms with Gasteiger partial charge in [0.1, 0.15) is 5.82 Å². The van der Waals surface area contributed by atoms with Crippen molar-refractivity contribution in [2.75, 3.05) is 18.0 Å². The number of benzene rings is 2. The molecule has 2 aromatic rings. The van der Waals surface area contributed by atoms with Gasteiger partial charge in [0, 0.05) is 25.6 Å². The number of para-hydroxylation sites is 1.